The first-order chi connectivity index (χ1) is 8.70. The third-order valence-electron chi connectivity index (χ3n) is 2.21. The molecule has 94 valence electrons. The van der Waals surface area contributed by atoms with Gasteiger partial charge in [0.1, 0.15) is 12.9 Å². The van der Waals surface area contributed by atoms with Crippen molar-refractivity contribution in [3.63, 3.8) is 0 Å². The monoisotopic (exact) mass is 248 g/mol. The summed E-state index contributed by atoms with van der Waals surface area (Å²) in [5.74, 6) is 0.0197. The van der Waals surface area contributed by atoms with Crippen LogP contribution in [0.3, 0.4) is 0 Å². The molecule has 7 nitrogen and oxygen atoms in total. The molecular weight excluding hydrogens is 236 g/mol. The molecule has 2 heterocycles. The lowest BCUT2D eigenvalue weighted by Crippen LogP contribution is -2.27. The summed E-state index contributed by atoms with van der Waals surface area (Å²) in [4.78, 5) is 26.8. The SMILES string of the molecule is CCOC(=O)Cn1nc(-n2ccnc2)ccc1=O. The van der Waals surface area contributed by atoms with Crippen LogP contribution < -0.4 is 5.56 Å². The van der Waals surface area contributed by atoms with Crippen LogP contribution in [0.5, 0.6) is 0 Å². The Kier molecular flexibility index (Phi) is 3.52. The molecule has 2 rings (SSSR count). The molecule has 0 fully saturated rings. The van der Waals surface area contributed by atoms with Crippen molar-refractivity contribution >= 4 is 5.97 Å². The first-order valence-electron chi connectivity index (χ1n) is 5.43. The minimum atomic E-state index is -0.491. The van der Waals surface area contributed by atoms with Crippen molar-refractivity contribution < 1.29 is 9.53 Å². The van der Waals surface area contributed by atoms with Crippen LogP contribution in [0.2, 0.25) is 0 Å². The van der Waals surface area contributed by atoms with E-state index >= 15 is 0 Å². The van der Waals surface area contributed by atoms with Gasteiger partial charge in [-0.05, 0) is 13.0 Å². The number of nitrogens with zero attached hydrogens (tertiary/aromatic N) is 4. The molecular formula is C11H12N4O3. The second kappa shape index (κ2) is 5.26. The van der Waals surface area contributed by atoms with Gasteiger partial charge in [0, 0.05) is 18.5 Å². The zero-order valence-corrected chi connectivity index (χ0v) is 9.81. The van der Waals surface area contributed by atoms with E-state index in [9.17, 15) is 9.59 Å². The summed E-state index contributed by atoms with van der Waals surface area (Å²) < 4.78 is 7.48. The number of hydrogen-bond donors (Lipinski definition) is 0. The van der Waals surface area contributed by atoms with Crippen molar-refractivity contribution in [3.8, 4) is 5.82 Å². The van der Waals surface area contributed by atoms with E-state index in [0.717, 1.165) is 4.68 Å². The molecule has 0 saturated carbocycles. The third kappa shape index (κ3) is 2.62. The smallest absolute Gasteiger partial charge is 0.327 e. The van der Waals surface area contributed by atoms with Gasteiger partial charge in [-0.25, -0.2) is 9.67 Å². The number of aromatic nitrogens is 4. The van der Waals surface area contributed by atoms with E-state index in [1.54, 1.807) is 36.3 Å². The molecule has 7 heteroatoms. The molecule has 0 N–H and O–H groups in total. The zero-order valence-electron chi connectivity index (χ0n) is 9.81. The molecule has 0 atom stereocenters. The number of ether oxygens (including phenoxy) is 1. The number of hydrogen-bond acceptors (Lipinski definition) is 5. The van der Waals surface area contributed by atoms with Crippen LogP contribution in [-0.2, 0) is 16.1 Å². The van der Waals surface area contributed by atoms with E-state index < -0.39 is 5.97 Å². The van der Waals surface area contributed by atoms with Crippen molar-refractivity contribution in [1.29, 1.82) is 0 Å². The van der Waals surface area contributed by atoms with E-state index in [2.05, 4.69) is 10.1 Å². The normalized spacial score (nSPS) is 10.3. The summed E-state index contributed by atoms with van der Waals surface area (Å²) in [6.07, 6.45) is 4.85. The van der Waals surface area contributed by atoms with Gasteiger partial charge in [-0.15, -0.1) is 0 Å². The lowest BCUT2D eigenvalue weighted by atomic mass is 10.5. The van der Waals surface area contributed by atoms with Gasteiger partial charge in [-0.2, -0.15) is 5.10 Å². The predicted octanol–water partition coefficient (Wildman–Crippen LogP) is -0.00790. The largest absolute Gasteiger partial charge is 0.465 e. The van der Waals surface area contributed by atoms with Crippen LogP contribution >= 0.6 is 0 Å². The Morgan fingerprint density at radius 3 is 2.94 bits per heavy atom. The lowest BCUT2D eigenvalue weighted by molar-refractivity contribution is -0.144. The second-order valence-electron chi connectivity index (χ2n) is 3.46. The minimum absolute atomic E-state index is 0.199. The molecule has 0 aliphatic heterocycles. The molecule has 0 amide bonds. The highest BCUT2D eigenvalue weighted by Crippen LogP contribution is 1.99. The quantitative estimate of drug-likeness (QED) is 0.711. The highest BCUT2D eigenvalue weighted by Gasteiger charge is 2.07. The summed E-state index contributed by atoms with van der Waals surface area (Å²) in [7, 11) is 0. The fourth-order valence-corrected chi connectivity index (χ4v) is 1.41. The van der Waals surface area contributed by atoms with Gasteiger partial charge in [0.05, 0.1) is 6.61 Å². The lowest BCUT2D eigenvalue weighted by Gasteiger charge is -2.06. The zero-order chi connectivity index (χ0) is 13.0. The van der Waals surface area contributed by atoms with E-state index in [1.165, 1.54) is 6.07 Å². The fraction of sp³-hybridized carbons (Fsp3) is 0.273. The van der Waals surface area contributed by atoms with Crippen molar-refractivity contribution in [1.82, 2.24) is 19.3 Å². The van der Waals surface area contributed by atoms with Crippen LogP contribution in [0.1, 0.15) is 6.92 Å². The van der Waals surface area contributed by atoms with Gasteiger partial charge in [0.25, 0.3) is 5.56 Å². The van der Waals surface area contributed by atoms with Crippen LogP contribution in [-0.4, -0.2) is 31.9 Å². The summed E-state index contributed by atoms with van der Waals surface area (Å²) in [5, 5.41) is 4.06. The van der Waals surface area contributed by atoms with Crippen molar-refractivity contribution in [2.45, 2.75) is 13.5 Å². The van der Waals surface area contributed by atoms with E-state index in [4.69, 9.17) is 4.74 Å². The van der Waals surface area contributed by atoms with Gasteiger partial charge < -0.3 is 4.74 Å². The number of imidazole rings is 1. The number of carbonyl (C=O) groups excluding carboxylic acids is 1. The van der Waals surface area contributed by atoms with E-state index in [1.807, 2.05) is 0 Å². The molecule has 0 bridgehead atoms. The molecule has 2 aromatic heterocycles. The van der Waals surface area contributed by atoms with Gasteiger partial charge in [-0.3, -0.25) is 14.2 Å². The maximum atomic E-state index is 11.5. The number of carbonyl (C=O) groups is 1. The molecule has 0 unspecified atom stereocenters. The molecule has 0 saturated heterocycles. The Morgan fingerprint density at radius 2 is 2.28 bits per heavy atom. The Bertz CT molecular complexity index is 589. The maximum Gasteiger partial charge on any atom is 0.327 e. The molecule has 18 heavy (non-hydrogen) atoms. The Balaban J connectivity index is 2.28. The average molecular weight is 248 g/mol. The first-order valence-corrected chi connectivity index (χ1v) is 5.43. The van der Waals surface area contributed by atoms with Crippen molar-refractivity contribution in [2.24, 2.45) is 0 Å². The summed E-state index contributed by atoms with van der Waals surface area (Å²) >= 11 is 0. The fourth-order valence-electron chi connectivity index (χ4n) is 1.41. The maximum absolute atomic E-state index is 11.5. The molecule has 0 radical (unpaired) electrons. The van der Waals surface area contributed by atoms with Crippen LogP contribution in [0.15, 0.2) is 35.6 Å². The van der Waals surface area contributed by atoms with Crippen LogP contribution in [0.25, 0.3) is 5.82 Å². The number of esters is 1. The first kappa shape index (κ1) is 12.0. The van der Waals surface area contributed by atoms with E-state index in [-0.39, 0.29) is 18.7 Å². The van der Waals surface area contributed by atoms with Crippen molar-refractivity contribution in [2.75, 3.05) is 6.61 Å². The number of rotatable bonds is 4. The van der Waals surface area contributed by atoms with Gasteiger partial charge in [0.2, 0.25) is 0 Å². The molecule has 0 spiro atoms. The predicted molar refractivity (Wildman–Crippen MR) is 62.3 cm³/mol. The highest BCUT2D eigenvalue weighted by molar-refractivity contribution is 5.68. The van der Waals surface area contributed by atoms with Gasteiger partial charge in [0.15, 0.2) is 5.82 Å². The third-order valence-corrected chi connectivity index (χ3v) is 2.21. The highest BCUT2D eigenvalue weighted by atomic mass is 16.5. The Labute approximate surface area is 103 Å². The Hall–Kier alpha value is -2.44. The topological polar surface area (TPSA) is 79.0 Å². The average Bonchev–Trinajstić information content (AvgIpc) is 2.86. The molecule has 0 aliphatic rings. The van der Waals surface area contributed by atoms with Crippen LogP contribution in [0, 0.1) is 0 Å². The Morgan fingerprint density at radius 1 is 1.44 bits per heavy atom. The van der Waals surface area contributed by atoms with Gasteiger partial charge in [-0.1, -0.05) is 0 Å². The molecule has 0 aliphatic carbocycles. The summed E-state index contributed by atoms with van der Waals surface area (Å²) in [6, 6.07) is 2.91. The summed E-state index contributed by atoms with van der Waals surface area (Å²) in [6.45, 7) is 1.78. The minimum Gasteiger partial charge on any atom is -0.465 e. The second-order valence-corrected chi connectivity index (χ2v) is 3.46. The van der Waals surface area contributed by atoms with Crippen molar-refractivity contribution in [3.05, 3.63) is 41.2 Å². The van der Waals surface area contributed by atoms with E-state index in [0.29, 0.717) is 5.82 Å². The van der Waals surface area contributed by atoms with Crippen LogP contribution in [0.4, 0.5) is 0 Å². The summed E-state index contributed by atoms with van der Waals surface area (Å²) in [5.41, 5.74) is -0.355. The molecule has 2 aromatic rings. The van der Waals surface area contributed by atoms with Gasteiger partial charge >= 0.3 is 5.97 Å². The standard InChI is InChI=1S/C11H12N4O3/c1-2-18-11(17)7-15-10(16)4-3-9(13-15)14-6-5-12-8-14/h3-6,8H,2,7H2,1H3. The molecule has 0 aromatic carbocycles.